The lowest BCUT2D eigenvalue weighted by Crippen LogP contribution is -2.59. The van der Waals surface area contributed by atoms with Crippen LogP contribution in [-0.2, 0) is 17.1 Å². The highest BCUT2D eigenvalue weighted by Crippen LogP contribution is 2.40. The van der Waals surface area contributed by atoms with Crippen molar-refractivity contribution in [1.29, 1.82) is 0 Å². The Balaban J connectivity index is 1.58. The standard InChI is InChI=1S/C18H30N4O2S/c1-14-17(11-19-20(14)2)25(23,24)22-12-15-7-6-8-16(13-22)18(15)21-9-4-3-5-10-21/h11,15-16,18H,3-10,12-13H2,1-2H3. The molecule has 4 rings (SSSR count). The number of hydrogen-bond acceptors (Lipinski definition) is 4. The molecule has 3 fully saturated rings. The molecule has 1 saturated carbocycles. The molecule has 0 aromatic carbocycles. The van der Waals surface area contributed by atoms with Crippen LogP contribution in [0.15, 0.2) is 11.1 Å². The van der Waals surface area contributed by atoms with Crippen molar-refractivity contribution in [2.75, 3.05) is 26.2 Å². The minimum absolute atomic E-state index is 0.379. The molecule has 0 radical (unpaired) electrons. The van der Waals surface area contributed by atoms with E-state index in [-0.39, 0.29) is 0 Å². The third kappa shape index (κ3) is 3.04. The molecule has 2 unspecified atom stereocenters. The fourth-order valence-corrected chi connectivity index (χ4v) is 6.98. The van der Waals surface area contributed by atoms with Gasteiger partial charge in [0.05, 0.1) is 11.9 Å². The van der Waals surface area contributed by atoms with Crippen LogP contribution in [-0.4, -0.2) is 59.6 Å². The van der Waals surface area contributed by atoms with Gasteiger partial charge in [0, 0.05) is 26.2 Å². The van der Waals surface area contributed by atoms with Gasteiger partial charge in [-0.25, -0.2) is 8.42 Å². The van der Waals surface area contributed by atoms with Crippen molar-refractivity contribution in [2.24, 2.45) is 18.9 Å². The highest BCUT2D eigenvalue weighted by atomic mass is 32.2. The normalized spacial score (nSPS) is 32.0. The summed E-state index contributed by atoms with van der Waals surface area (Å²) in [5.74, 6) is 0.967. The monoisotopic (exact) mass is 366 g/mol. The molecule has 0 N–H and O–H groups in total. The van der Waals surface area contributed by atoms with Crippen LogP contribution in [0.2, 0.25) is 0 Å². The smallest absolute Gasteiger partial charge is 0.246 e. The number of hydrogen-bond donors (Lipinski definition) is 0. The van der Waals surface area contributed by atoms with Crippen LogP contribution in [0.25, 0.3) is 0 Å². The van der Waals surface area contributed by atoms with E-state index >= 15 is 0 Å². The molecular weight excluding hydrogens is 336 g/mol. The summed E-state index contributed by atoms with van der Waals surface area (Å²) in [5.41, 5.74) is 0.725. The maximum absolute atomic E-state index is 13.2. The van der Waals surface area contributed by atoms with Crippen molar-refractivity contribution in [3.63, 3.8) is 0 Å². The summed E-state index contributed by atoms with van der Waals surface area (Å²) in [4.78, 5) is 3.06. The number of likely N-dealkylation sites (tertiary alicyclic amines) is 1. The number of nitrogens with zero attached hydrogens (tertiary/aromatic N) is 4. The minimum Gasteiger partial charge on any atom is -0.300 e. The average molecular weight is 367 g/mol. The van der Waals surface area contributed by atoms with Gasteiger partial charge in [-0.15, -0.1) is 0 Å². The SMILES string of the molecule is Cc1c(S(=O)(=O)N2CC3CCCC(C2)C3N2CCCCC2)cnn1C. The first-order valence-electron chi connectivity index (χ1n) is 9.71. The molecule has 7 heteroatoms. The Labute approximate surface area is 151 Å². The summed E-state index contributed by atoms with van der Waals surface area (Å²) in [6, 6.07) is 0.593. The highest BCUT2D eigenvalue weighted by molar-refractivity contribution is 7.89. The van der Waals surface area contributed by atoms with Crippen molar-refractivity contribution in [1.82, 2.24) is 19.0 Å². The maximum Gasteiger partial charge on any atom is 0.246 e. The third-order valence-corrected chi connectivity index (χ3v) is 8.55. The molecule has 1 aliphatic carbocycles. The van der Waals surface area contributed by atoms with E-state index in [0.717, 1.165) is 18.5 Å². The van der Waals surface area contributed by atoms with Gasteiger partial charge < -0.3 is 0 Å². The summed E-state index contributed by atoms with van der Waals surface area (Å²) in [5, 5.41) is 4.14. The van der Waals surface area contributed by atoms with Crippen LogP contribution < -0.4 is 0 Å². The summed E-state index contributed by atoms with van der Waals surface area (Å²) >= 11 is 0. The Morgan fingerprint density at radius 3 is 2.24 bits per heavy atom. The summed E-state index contributed by atoms with van der Waals surface area (Å²) in [6.45, 7) is 5.59. The van der Waals surface area contributed by atoms with Crippen molar-refractivity contribution >= 4 is 10.0 Å². The first kappa shape index (κ1) is 17.5. The van der Waals surface area contributed by atoms with Gasteiger partial charge in [0.25, 0.3) is 0 Å². The van der Waals surface area contributed by atoms with Gasteiger partial charge in [0.15, 0.2) is 0 Å². The third-order valence-electron chi connectivity index (χ3n) is 6.61. The Morgan fingerprint density at radius 1 is 1.04 bits per heavy atom. The Kier molecular flexibility index (Phi) is 4.67. The van der Waals surface area contributed by atoms with E-state index in [1.807, 2.05) is 6.92 Å². The Hall–Kier alpha value is -0.920. The van der Waals surface area contributed by atoms with E-state index in [1.165, 1.54) is 45.0 Å². The molecule has 140 valence electrons. The molecule has 25 heavy (non-hydrogen) atoms. The lowest BCUT2D eigenvalue weighted by atomic mass is 9.73. The van der Waals surface area contributed by atoms with Gasteiger partial charge in [-0.3, -0.25) is 9.58 Å². The van der Waals surface area contributed by atoms with Crippen molar-refractivity contribution < 1.29 is 8.42 Å². The highest BCUT2D eigenvalue weighted by Gasteiger charge is 2.46. The van der Waals surface area contributed by atoms with Crippen molar-refractivity contribution in [3.8, 4) is 0 Å². The zero-order valence-corrected chi connectivity index (χ0v) is 16.2. The van der Waals surface area contributed by atoms with Crippen LogP contribution in [0.4, 0.5) is 0 Å². The van der Waals surface area contributed by atoms with Crippen molar-refractivity contribution in [3.05, 3.63) is 11.9 Å². The second-order valence-electron chi connectivity index (χ2n) is 8.08. The number of fused-ring (bicyclic) bond motifs is 2. The Morgan fingerprint density at radius 2 is 1.68 bits per heavy atom. The number of piperidine rings is 2. The van der Waals surface area contributed by atoms with E-state index in [9.17, 15) is 8.42 Å². The van der Waals surface area contributed by atoms with Gasteiger partial charge in [-0.05, 0) is 57.5 Å². The van der Waals surface area contributed by atoms with Gasteiger partial charge in [0.2, 0.25) is 10.0 Å². The second-order valence-corrected chi connectivity index (χ2v) is 9.98. The molecule has 6 nitrogen and oxygen atoms in total. The molecule has 0 spiro atoms. The second kappa shape index (κ2) is 6.67. The number of aryl methyl sites for hydroxylation is 1. The molecule has 3 heterocycles. The molecule has 2 aliphatic heterocycles. The van der Waals surface area contributed by atoms with Gasteiger partial charge >= 0.3 is 0 Å². The lowest BCUT2D eigenvalue weighted by molar-refractivity contribution is -0.00312. The van der Waals surface area contributed by atoms with E-state index in [2.05, 4.69) is 10.00 Å². The summed E-state index contributed by atoms with van der Waals surface area (Å²) < 4.78 is 29.8. The molecule has 2 bridgehead atoms. The Bertz CT molecular complexity index is 709. The number of sulfonamides is 1. The minimum atomic E-state index is -3.44. The average Bonchev–Trinajstić information content (AvgIpc) is 2.94. The quantitative estimate of drug-likeness (QED) is 0.821. The fourth-order valence-electron chi connectivity index (χ4n) is 5.24. The predicted octanol–water partition coefficient (Wildman–Crippen LogP) is 2.00. The van der Waals surface area contributed by atoms with E-state index in [1.54, 1.807) is 16.0 Å². The zero-order chi connectivity index (χ0) is 17.6. The fraction of sp³-hybridized carbons (Fsp3) is 0.833. The van der Waals surface area contributed by atoms with Crippen LogP contribution in [0.1, 0.15) is 44.2 Å². The number of aromatic nitrogens is 2. The first-order valence-corrected chi connectivity index (χ1v) is 11.2. The maximum atomic E-state index is 13.2. The van der Waals surface area contributed by atoms with Crippen LogP contribution in [0.3, 0.4) is 0 Å². The molecular formula is C18H30N4O2S. The van der Waals surface area contributed by atoms with Gasteiger partial charge in [-0.1, -0.05) is 12.8 Å². The topological polar surface area (TPSA) is 58.4 Å². The molecule has 2 atom stereocenters. The largest absolute Gasteiger partial charge is 0.300 e. The zero-order valence-electron chi connectivity index (χ0n) is 15.4. The van der Waals surface area contributed by atoms with E-state index in [0.29, 0.717) is 35.9 Å². The van der Waals surface area contributed by atoms with Crippen molar-refractivity contribution in [2.45, 2.75) is 56.4 Å². The van der Waals surface area contributed by atoms with Crippen LogP contribution in [0, 0.1) is 18.8 Å². The van der Waals surface area contributed by atoms with E-state index in [4.69, 9.17) is 0 Å². The van der Waals surface area contributed by atoms with Crippen LogP contribution in [0.5, 0.6) is 0 Å². The molecule has 2 saturated heterocycles. The van der Waals surface area contributed by atoms with E-state index < -0.39 is 10.0 Å². The lowest BCUT2D eigenvalue weighted by Gasteiger charge is -2.51. The summed E-state index contributed by atoms with van der Waals surface area (Å²) in [7, 11) is -1.64. The van der Waals surface area contributed by atoms with Gasteiger partial charge in [-0.2, -0.15) is 9.40 Å². The molecule has 1 aromatic rings. The molecule has 1 aromatic heterocycles. The molecule has 3 aliphatic rings. The van der Waals surface area contributed by atoms with Crippen LogP contribution >= 0.6 is 0 Å². The first-order chi connectivity index (χ1) is 12.0. The molecule has 0 amide bonds. The van der Waals surface area contributed by atoms with Gasteiger partial charge in [0.1, 0.15) is 4.90 Å². The summed E-state index contributed by atoms with van der Waals surface area (Å²) in [6.07, 6.45) is 9.03. The number of rotatable bonds is 3. The predicted molar refractivity (Wildman–Crippen MR) is 96.7 cm³/mol.